The maximum absolute atomic E-state index is 12.8. The lowest BCUT2D eigenvalue weighted by atomic mass is 10.1. The van der Waals surface area contributed by atoms with Gasteiger partial charge in [0.25, 0.3) is 0 Å². The second kappa shape index (κ2) is 6.06. The summed E-state index contributed by atoms with van der Waals surface area (Å²) in [6.07, 6.45) is 2.10. The minimum absolute atomic E-state index is 0.182. The van der Waals surface area contributed by atoms with Gasteiger partial charge in [-0.2, -0.15) is 0 Å². The Labute approximate surface area is 118 Å². The zero-order valence-electron chi connectivity index (χ0n) is 11.3. The molecule has 0 aliphatic carbocycles. The summed E-state index contributed by atoms with van der Waals surface area (Å²) in [4.78, 5) is 0. The molecule has 104 valence electrons. The maximum Gasteiger partial charge on any atom is 0.123 e. The molecule has 1 atom stereocenters. The van der Waals surface area contributed by atoms with Crippen molar-refractivity contribution in [1.82, 2.24) is 5.32 Å². The molecule has 2 aromatic rings. The lowest BCUT2D eigenvalue weighted by Gasteiger charge is -2.11. The van der Waals surface area contributed by atoms with Gasteiger partial charge in [0.2, 0.25) is 0 Å². The van der Waals surface area contributed by atoms with E-state index in [1.807, 2.05) is 30.3 Å². The summed E-state index contributed by atoms with van der Waals surface area (Å²) in [5, 5.41) is 3.41. The molecular formula is C17H18FNO. The highest BCUT2D eigenvalue weighted by atomic mass is 19.1. The van der Waals surface area contributed by atoms with Crippen molar-refractivity contribution in [2.75, 3.05) is 13.1 Å². The Hall–Kier alpha value is -1.87. The number of hydrogen-bond acceptors (Lipinski definition) is 2. The fraction of sp³-hybridized carbons (Fsp3) is 0.294. The molecule has 1 heterocycles. The minimum atomic E-state index is -0.182. The van der Waals surface area contributed by atoms with E-state index in [1.165, 1.54) is 17.7 Å². The first-order valence-corrected chi connectivity index (χ1v) is 7.01. The van der Waals surface area contributed by atoms with Crippen LogP contribution in [0.3, 0.4) is 0 Å². The van der Waals surface area contributed by atoms with Crippen molar-refractivity contribution in [2.24, 2.45) is 0 Å². The third kappa shape index (κ3) is 3.17. The van der Waals surface area contributed by atoms with Crippen LogP contribution < -0.4 is 10.1 Å². The normalized spacial score (nSPS) is 16.8. The first-order chi connectivity index (χ1) is 9.81. The number of benzene rings is 2. The van der Waals surface area contributed by atoms with Crippen LogP contribution in [0.4, 0.5) is 4.39 Å². The van der Waals surface area contributed by atoms with E-state index in [1.54, 1.807) is 0 Å². The number of para-hydroxylation sites is 1. The highest BCUT2D eigenvalue weighted by Crippen LogP contribution is 2.27. The lowest BCUT2D eigenvalue weighted by Crippen LogP contribution is -2.31. The van der Waals surface area contributed by atoms with Gasteiger partial charge in [0, 0.05) is 13.0 Å². The Balaban J connectivity index is 1.40. The van der Waals surface area contributed by atoms with Gasteiger partial charge in [-0.1, -0.05) is 30.3 Å². The van der Waals surface area contributed by atoms with Gasteiger partial charge in [-0.05, 0) is 42.3 Å². The van der Waals surface area contributed by atoms with Crippen LogP contribution in [-0.2, 0) is 12.8 Å². The molecule has 0 saturated carbocycles. The zero-order valence-corrected chi connectivity index (χ0v) is 11.3. The first-order valence-electron chi connectivity index (χ1n) is 7.01. The van der Waals surface area contributed by atoms with Crippen LogP contribution in [0.5, 0.6) is 5.75 Å². The van der Waals surface area contributed by atoms with Gasteiger partial charge in [0.1, 0.15) is 17.7 Å². The molecule has 0 bridgehead atoms. The number of halogens is 1. The van der Waals surface area contributed by atoms with Gasteiger partial charge >= 0.3 is 0 Å². The molecule has 0 saturated heterocycles. The molecular weight excluding hydrogens is 253 g/mol. The minimum Gasteiger partial charge on any atom is -0.488 e. The molecule has 1 unspecified atom stereocenters. The van der Waals surface area contributed by atoms with E-state index >= 15 is 0 Å². The summed E-state index contributed by atoms with van der Waals surface area (Å²) in [6, 6.07) is 14.9. The topological polar surface area (TPSA) is 21.3 Å². The Kier molecular flexibility index (Phi) is 3.97. The fourth-order valence-corrected chi connectivity index (χ4v) is 2.51. The van der Waals surface area contributed by atoms with E-state index in [0.29, 0.717) is 0 Å². The second-order valence-electron chi connectivity index (χ2n) is 5.13. The molecule has 2 aromatic carbocycles. The quantitative estimate of drug-likeness (QED) is 0.844. The molecule has 2 nitrogen and oxygen atoms in total. The summed E-state index contributed by atoms with van der Waals surface area (Å²) in [5.41, 5.74) is 2.44. The van der Waals surface area contributed by atoms with Crippen LogP contribution in [0.25, 0.3) is 0 Å². The summed E-state index contributed by atoms with van der Waals surface area (Å²) < 4.78 is 18.6. The van der Waals surface area contributed by atoms with E-state index in [0.717, 1.165) is 37.2 Å². The predicted molar refractivity (Wildman–Crippen MR) is 77.5 cm³/mol. The summed E-state index contributed by atoms with van der Waals surface area (Å²) in [6.45, 7) is 1.72. The third-order valence-electron chi connectivity index (χ3n) is 3.59. The summed E-state index contributed by atoms with van der Waals surface area (Å²) in [5.74, 6) is 0.830. The zero-order chi connectivity index (χ0) is 13.8. The molecule has 1 aliphatic rings. The molecule has 0 spiro atoms. The molecule has 1 N–H and O–H groups in total. The van der Waals surface area contributed by atoms with Crippen LogP contribution in [0, 0.1) is 5.82 Å². The van der Waals surface area contributed by atoms with Crippen molar-refractivity contribution >= 4 is 0 Å². The highest BCUT2D eigenvalue weighted by molar-refractivity contribution is 5.37. The van der Waals surface area contributed by atoms with E-state index in [4.69, 9.17) is 4.74 Å². The van der Waals surface area contributed by atoms with Crippen molar-refractivity contribution in [3.05, 3.63) is 65.5 Å². The van der Waals surface area contributed by atoms with Crippen LogP contribution in [-0.4, -0.2) is 19.2 Å². The monoisotopic (exact) mass is 271 g/mol. The molecule has 0 amide bonds. The average Bonchev–Trinajstić information content (AvgIpc) is 2.88. The van der Waals surface area contributed by atoms with Crippen molar-refractivity contribution in [1.29, 1.82) is 0 Å². The van der Waals surface area contributed by atoms with Gasteiger partial charge in [-0.15, -0.1) is 0 Å². The van der Waals surface area contributed by atoms with E-state index < -0.39 is 0 Å². The Morgan fingerprint density at radius 2 is 1.90 bits per heavy atom. The molecule has 3 heteroatoms. The molecule has 3 rings (SSSR count). The summed E-state index contributed by atoms with van der Waals surface area (Å²) >= 11 is 0. The third-order valence-corrected chi connectivity index (χ3v) is 3.59. The van der Waals surface area contributed by atoms with Gasteiger partial charge in [0.05, 0.1) is 0 Å². The van der Waals surface area contributed by atoms with Crippen molar-refractivity contribution in [2.45, 2.75) is 18.9 Å². The van der Waals surface area contributed by atoms with Crippen LogP contribution in [0.2, 0.25) is 0 Å². The largest absolute Gasteiger partial charge is 0.488 e. The number of rotatable bonds is 5. The Bertz CT molecular complexity index is 542. The fourth-order valence-electron chi connectivity index (χ4n) is 2.51. The number of nitrogens with one attached hydrogen (secondary N) is 1. The summed E-state index contributed by atoms with van der Waals surface area (Å²) in [7, 11) is 0. The van der Waals surface area contributed by atoms with E-state index in [2.05, 4.69) is 11.4 Å². The maximum atomic E-state index is 12.8. The number of fused-ring (bicyclic) bond motifs is 1. The van der Waals surface area contributed by atoms with Crippen molar-refractivity contribution < 1.29 is 9.13 Å². The standard InChI is InChI=1S/C17H18FNO/c18-15-7-5-13(6-8-15)9-10-19-12-16-11-14-3-1-2-4-17(14)20-16/h1-8,16,19H,9-12H2. The van der Waals surface area contributed by atoms with Crippen molar-refractivity contribution in [3.8, 4) is 5.75 Å². The van der Waals surface area contributed by atoms with Gasteiger partial charge < -0.3 is 10.1 Å². The molecule has 0 fully saturated rings. The van der Waals surface area contributed by atoms with Gasteiger partial charge in [-0.3, -0.25) is 0 Å². The SMILES string of the molecule is Fc1ccc(CCNCC2Cc3ccccc3O2)cc1. The Morgan fingerprint density at radius 3 is 2.70 bits per heavy atom. The van der Waals surface area contributed by atoms with Crippen molar-refractivity contribution in [3.63, 3.8) is 0 Å². The predicted octanol–water partition coefficient (Wildman–Crippen LogP) is 2.96. The van der Waals surface area contributed by atoms with Crippen LogP contribution >= 0.6 is 0 Å². The average molecular weight is 271 g/mol. The number of hydrogen-bond donors (Lipinski definition) is 1. The second-order valence-corrected chi connectivity index (χ2v) is 5.13. The van der Waals surface area contributed by atoms with E-state index in [9.17, 15) is 4.39 Å². The van der Waals surface area contributed by atoms with E-state index in [-0.39, 0.29) is 11.9 Å². The first kappa shape index (κ1) is 13.1. The molecule has 1 aliphatic heterocycles. The van der Waals surface area contributed by atoms with Crippen LogP contribution in [0.15, 0.2) is 48.5 Å². The molecule has 0 radical (unpaired) electrons. The Morgan fingerprint density at radius 1 is 1.10 bits per heavy atom. The molecule has 0 aromatic heterocycles. The number of ether oxygens (including phenoxy) is 1. The smallest absolute Gasteiger partial charge is 0.123 e. The lowest BCUT2D eigenvalue weighted by molar-refractivity contribution is 0.228. The van der Waals surface area contributed by atoms with Crippen LogP contribution in [0.1, 0.15) is 11.1 Å². The van der Waals surface area contributed by atoms with Gasteiger partial charge in [0.15, 0.2) is 0 Å². The molecule has 20 heavy (non-hydrogen) atoms. The van der Waals surface area contributed by atoms with Gasteiger partial charge in [-0.25, -0.2) is 4.39 Å². The highest BCUT2D eigenvalue weighted by Gasteiger charge is 2.21.